The molecule has 0 saturated heterocycles. The van der Waals surface area contributed by atoms with Crippen LogP contribution < -0.4 is 0 Å². The van der Waals surface area contributed by atoms with Crippen LogP contribution in [0, 0.1) is 6.92 Å². The molecule has 6 heteroatoms. The number of amides is 1. The number of carbonyl (C=O) groups excluding carboxylic acids is 1. The Hall–Kier alpha value is -1.59. The lowest BCUT2D eigenvalue weighted by atomic mass is 10.0. The zero-order chi connectivity index (χ0) is 16.3. The average molecular weight is 339 g/mol. The molecule has 0 aliphatic carbocycles. The smallest absolute Gasteiger partial charge is 0.259 e. The van der Waals surface area contributed by atoms with Crippen LogP contribution >= 0.6 is 22.9 Å². The average Bonchev–Trinajstić information content (AvgIpc) is 3.03. The third kappa shape index (κ3) is 3.59. The molecule has 2 aromatic rings. The maximum atomic E-state index is 12.9. The number of aromatic nitrogens is 1. The van der Waals surface area contributed by atoms with E-state index in [1.807, 2.05) is 26.0 Å². The molecule has 118 valence electrons. The van der Waals surface area contributed by atoms with E-state index in [4.69, 9.17) is 16.1 Å². The number of carbonyl (C=O) groups is 1. The van der Waals surface area contributed by atoms with Gasteiger partial charge in [-0.2, -0.15) is 0 Å². The summed E-state index contributed by atoms with van der Waals surface area (Å²) >= 11 is 7.43. The van der Waals surface area contributed by atoms with Crippen molar-refractivity contribution in [3.05, 3.63) is 51.0 Å². The number of aryl methyl sites for hydroxylation is 1. The van der Waals surface area contributed by atoms with E-state index >= 15 is 0 Å². The van der Waals surface area contributed by atoms with Crippen molar-refractivity contribution in [2.45, 2.75) is 33.2 Å². The van der Waals surface area contributed by atoms with E-state index in [1.165, 1.54) is 11.3 Å². The molecule has 0 atom stereocenters. The van der Waals surface area contributed by atoms with Crippen LogP contribution in [0.1, 0.15) is 46.5 Å². The predicted octanol–water partition coefficient (Wildman–Crippen LogP) is 4.65. The lowest BCUT2D eigenvalue weighted by molar-refractivity contribution is 0.0760. The third-order valence-electron chi connectivity index (χ3n) is 3.24. The Bertz CT molecular complexity index is 675. The molecule has 0 aliphatic rings. The minimum Gasteiger partial charge on any atom is -0.360 e. The van der Waals surface area contributed by atoms with Crippen LogP contribution in [-0.4, -0.2) is 22.5 Å². The summed E-state index contributed by atoms with van der Waals surface area (Å²) in [5.74, 6) is 0.634. The number of hydrogen-bond acceptors (Lipinski definition) is 4. The number of halogens is 1. The van der Waals surface area contributed by atoms with Crippen LogP contribution in [0.25, 0.3) is 0 Å². The van der Waals surface area contributed by atoms with Gasteiger partial charge in [0.1, 0.15) is 5.56 Å². The molecule has 0 spiro atoms. The van der Waals surface area contributed by atoms with Crippen LogP contribution in [0.4, 0.5) is 0 Å². The first-order valence-corrected chi connectivity index (χ1v) is 8.24. The molecule has 2 aromatic heterocycles. The molecule has 22 heavy (non-hydrogen) atoms. The molecule has 0 unspecified atom stereocenters. The zero-order valence-electron chi connectivity index (χ0n) is 12.9. The third-order valence-corrected chi connectivity index (χ3v) is 4.46. The topological polar surface area (TPSA) is 46.3 Å². The maximum absolute atomic E-state index is 12.9. The van der Waals surface area contributed by atoms with Gasteiger partial charge in [-0.25, -0.2) is 0 Å². The summed E-state index contributed by atoms with van der Waals surface area (Å²) in [4.78, 5) is 15.7. The molecule has 0 bridgehead atoms. The SMILES string of the molecule is C=CCN(Cc1ccc(Cl)s1)C(=O)c1c(C)noc1C(C)C. The van der Waals surface area contributed by atoms with Gasteiger partial charge in [0.2, 0.25) is 0 Å². The summed E-state index contributed by atoms with van der Waals surface area (Å²) in [6.45, 7) is 10.4. The van der Waals surface area contributed by atoms with Gasteiger partial charge in [-0.05, 0) is 19.1 Å². The summed E-state index contributed by atoms with van der Waals surface area (Å²) in [5, 5.41) is 3.95. The molecule has 0 aliphatic heterocycles. The first-order chi connectivity index (χ1) is 10.4. The predicted molar refractivity (Wildman–Crippen MR) is 89.6 cm³/mol. The second kappa shape index (κ2) is 7.11. The van der Waals surface area contributed by atoms with E-state index < -0.39 is 0 Å². The standard InChI is InChI=1S/C16H19ClN2O2S/c1-5-8-19(9-12-6-7-13(17)22-12)16(20)14-11(4)18-21-15(14)10(2)3/h5-7,10H,1,8-9H2,2-4H3. The molecule has 0 saturated carbocycles. The first kappa shape index (κ1) is 16.8. The van der Waals surface area contributed by atoms with E-state index in [2.05, 4.69) is 11.7 Å². The van der Waals surface area contributed by atoms with Gasteiger partial charge in [0.15, 0.2) is 5.76 Å². The highest BCUT2D eigenvalue weighted by molar-refractivity contribution is 7.16. The molecular formula is C16H19ClN2O2S. The van der Waals surface area contributed by atoms with Crippen molar-refractivity contribution in [3.8, 4) is 0 Å². The van der Waals surface area contributed by atoms with Crippen molar-refractivity contribution in [2.75, 3.05) is 6.54 Å². The Morgan fingerprint density at radius 2 is 2.27 bits per heavy atom. The van der Waals surface area contributed by atoms with E-state index in [-0.39, 0.29) is 11.8 Å². The van der Waals surface area contributed by atoms with Gasteiger partial charge in [0.25, 0.3) is 5.91 Å². The molecular weight excluding hydrogens is 320 g/mol. The summed E-state index contributed by atoms with van der Waals surface area (Å²) in [7, 11) is 0. The van der Waals surface area contributed by atoms with Crippen LogP contribution in [0.3, 0.4) is 0 Å². The van der Waals surface area contributed by atoms with E-state index in [0.29, 0.717) is 34.4 Å². The normalized spacial score (nSPS) is 11.0. The number of thiophene rings is 1. The zero-order valence-corrected chi connectivity index (χ0v) is 14.5. The van der Waals surface area contributed by atoms with Gasteiger partial charge in [-0.3, -0.25) is 4.79 Å². The highest BCUT2D eigenvalue weighted by Gasteiger charge is 2.26. The Labute approximate surface area is 139 Å². The van der Waals surface area contributed by atoms with Crippen LogP contribution in [-0.2, 0) is 6.54 Å². The Kier molecular flexibility index (Phi) is 5.42. The highest BCUT2D eigenvalue weighted by Crippen LogP contribution is 2.26. The fraction of sp³-hybridized carbons (Fsp3) is 0.375. The Balaban J connectivity index is 2.30. The van der Waals surface area contributed by atoms with Crippen molar-refractivity contribution in [1.29, 1.82) is 0 Å². The summed E-state index contributed by atoms with van der Waals surface area (Å²) in [6.07, 6.45) is 1.71. The quantitative estimate of drug-likeness (QED) is 0.720. The summed E-state index contributed by atoms with van der Waals surface area (Å²) < 4.78 is 6.03. The van der Waals surface area contributed by atoms with Crippen molar-refractivity contribution in [1.82, 2.24) is 10.1 Å². The lowest BCUT2D eigenvalue weighted by Crippen LogP contribution is -2.31. The highest BCUT2D eigenvalue weighted by atomic mass is 35.5. The van der Waals surface area contributed by atoms with Crippen molar-refractivity contribution in [3.63, 3.8) is 0 Å². The minimum atomic E-state index is -0.0909. The van der Waals surface area contributed by atoms with Gasteiger partial charge in [0.05, 0.1) is 16.6 Å². The molecule has 2 rings (SSSR count). The molecule has 4 nitrogen and oxygen atoms in total. The minimum absolute atomic E-state index is 0.0909. The summed E-state index contributed by atoms with van der Waals surface area (Å²) in [5.41, 5.74) is 1.17. The molecule has 1 amide bonds. The molecule has 2 heterocycles. The lowest BCUT2D eigenvalue weighted by Gasteiger charge is -2.20. The first-order valence-electron chi connectivity index (χ1n) is 7.04. The second-order valence-corrected chi connectivity index (χ2v) is 7.14. The van der Waals surface area contributed by atoms with Gasteiger partial charge < -0.3 is 9.42 Å². The fourth-order valence-electron chi connectivity index (χ4n) is 2.20. The Morgan fingerprint density at radius 1 is 1.55 bits per heavy atom. The maximum Gasteiger partial charge on any atom is 0.259 e. The largest absolute Gasteiger partial charge is 0.360 e. The van der Waals surface area contributed by atoms with Gasteiger partial charge in [-0.15, -0.1) is 17.9 Å². The monoisotopic (exact) mass is 338 g/mol. The van der Waals surface area contributed by atoms with Crippen molar-refractivity contribution >= 4 is 28.8 Å². The fourth-order valence-corrected chi connectivity index (χ4v) is 3.30. The van der Waals surface area contributed by atoms with Gasteiger partial charge in [0, 0.05) is 17.3 Å². The van der Waals surface area contributed by atoms with E-state index in [0.717, 1.165) is 4.88 Å². The number of hydrogen-bond donors (Lipinski definition) is 0. The van der Waals surface area contributed by atoms with Gasteiger partial charge in [-0.1, -0.05) is 36.7 Å². The Morgan fingerprint density at radius 3 is 2.82 bits per heavy atom. The van der Waals surface area contributed by atoms with Crippen LogP contribution in [0.5, 0.6) is 0 Å². The van der Waals surface area contributed by atoms with E-state index in [1.54, 1.807) is 17.9 Å². The van der Waals surface area contributed by atoms with Crippen molar-refractivity contribution < 1.29 is 9.32 Å². The van der Waals surface area contributed by atoms with Crippen molar-refractivity contribution in [2.24, 2.45) is 0 Å². The second-order valence-electron chi connectivity index (χ2n) is 5.34. The van der Waals surface area contributed by atoms with Gasteiger partial charge >= 0.3 is 0 Å². The molecule has 0 fully saturated rings. The number of nitrogens with zero attached hydrogens (tertiary/aromatic N) is 2. The number of rotatable bonds is 6. The molecule has 0 aromatic carbocycles. The molecule has 0 N–H and O–H groups in total. The van der Waals surface area contributed by atoms with Crippen LogP contribution in [0.2, 0.25) is 4.34 Å². The molecule has 0 radical (unpaired) electrons. The van der Waals surface area contributed by atoms with E-state index in [9.17, 15) is 4.79 Å². The summed E-state index contributed by atoms with van der Waals surface area (Å²) in [6, 6.07) is 3.77. The van der Waals surface area contributed by atoms with Crippen LogP contribution in [0.15, 0.2) is 29.3 Å².